The fourth-order valence-electron chi connectivity index (χ4n) is 2.71. The molecular weight excluding hydrogens is 259 g/mol. The first-order chi connectivity index (χ1) is 9.15. The van der Waals surface area contributed by atoms with Gasteiger partial charge in [-0.25, -0.2) is 4.39 Å². The molecule has 1 aliphatic carbocycles. The smallest absolute Gasteiger partial charge is 0.126 e. The van der Waals surface area contributed by atoms with Crippen LogP contribution < -0.4 is 0 Å². The van der Waals surface area contributed by atoms with Gasteiger partial charge in [0.15, 0.2) is 0 Å². The molecular formula is C17H16ClF. The van der Waals surface area contributed by atoms with E-state index in [4.69, 9.17) is 11.6 Å². The van der Waals surface area contributed by atoms with E-state index in [-0.39, 0.29) is 11.2 Å². The molecule has 0 saturated carbocycles. The van der Waals surface area contributed by atoms with E-state index in [1.54, 1.807) is 19.1 Å². The molecule has 2 aromatic rings. The first kappa shape index (κ1) is 12.7. The van der Waals surface area contributed by atoms with Gasteiger partial charge in [0.25, 0.3) is 0 Å². The van der Waals surface area contributed by atoms with Crippen LogP contribution in [0.1, 0.15) is 39.6 Å². The molecule has 1 aliphatic rings. The molecule has 0 radical (unpaired) electrons. The minimum atomic E-state index is -0.277. The Balaban J connectivity index is 1.94. The van der Waals surface area contributed by atoms with Crippen molar-refractivity contribution in [2.45, 2.75) is 31.6 Å². The zero-order valence-corrected chi connectivity index (χ0v) is 11.7. The summed E-state index contributed by atoms with van der Waals surface area (Å²) in [6.45, 7) is 1.76. The number of hydrogen-bond acceptors (Lipinski definition) is 0. The van der Waals surface area contributed by atoms with Crippen molar-refractivity contribution in [3.05, 3.63) is 70.0 Å². The van der Waals surface area contributed by atoms with Gasteiger partial charge in [-0.3, -0.25) is 0 Å². The molecule has 0 nitrogen and oxygen atoms in total. The Morgan fingerprint density at radius 2 is 1.68 bits per heavy atom. The fraction of sp³-hybridized carbons (Fsp3) is 0.294. The minimum Gasteiger partial charge on any atom is -0.207 e. The number of halogens is 2. The highest BCUT2D eigenvalue weighted by molar-refractivity contribution is 6.22. The summed E-state index contributed by atoms with van der Waals surface area (Å²) in [5.41, 5.74) is 5.37. The summed E-state index contributed by atoms with van der Waals surface area (Å²) < 4.78 is 13.6. The molecule has 2 heteroatoms. The number of hydrogen-bond donors (Lipinski definition) is 0. The van der Waals surface area contributed by atoms with Crippen LogP contribution in [0.3, 0.4) is 0 Å². The molecule has 98 valence electrons. The van der Waals surface area contributed by atoms with Gasteiger partial charge < -0.3 is 0 Å². The first-order valence-electron chi connectivity index (χ1n) is 6.67. The summed E-state index contributed by atoms with van der Waals surface area (Å²) >= 11 is 6.49. The third-order valence-corrected chi connectivity index (χ3v) is 4.41. The molecule has 0 bridgehead atoms. The highest BCUT2D eigenvalue weighted by Gasteiger charge is 2.16. The van der Waals surface area contributed by atoms with Gasteiger partial charge in [-0.2, -0.15) is 0 Å². The average molecular weight is 275 g/mol. The number of aryl methyl sites for hydroxylation is 3. The molecule has 0 aliphatic heterocycles. The van der Waals surface area contributed by atoms with Gasteiger partial charge in [0, 0.05) is 0 Å². The molecule has 0 aromatic heterocycles. The van der Waals surface area contributed by atoms with Crippen molar-refractivity contribution in [1.82, 2.24) is 0 Å². The van der Waals surface area contributed by atoms with Crippen molar-refractivity contribution < 1.29 is 4.39 Å². The van der Waals surface area contributed by atoms with Crippen molar-refractivity contribution in [3.63, 3.8) is 0 Å². The standard InChI is InChI=1S/C17H16ClF/c1-11-5-6-15(10-16(11)19)17(18)14-8-7-12-3-2-4-13(12)9-14/h5-10,17H,2-4H2,1H3. The lowest BCUT2D eigenvalue weighted by atomic mass is 9.99. The van der Waals surface area contributed by atoms with Gasteiger partial charge in [0.2, 0.25) is 0 Å². The van der Waals surface area contributed by atoms with Gasteiger partial charge in [-0.1, -0.05) is 30.3 Å². The van der Waals surface area contributed by atoms with Crippen LogP contribution in [0.4, 0.5) is 4.39 Å². The molecule has 2 aromatic carbocycles. The Hall–Kier alpha value is -1.34. The largest absolute Gasteiger partial charge is 0.207 e. The lowest BCUT2D eigenvalue weighted by molar-refractivity contribution is 0.616. The predicted molar refractivity (Wildman–Crippen MR) is 77.3 cm³/mol. The number of fused-ring (bicyclic) bond motifs is 1. The quantitative estimate of drug-likeness (QED) is 0.680. The minimum absolute atomic E-state index is 0.190. The van der Waals surface area contributed by atoms with Gasteiger partial charge in [-0.05, 0) is 60.1 Å². The van der Waals surface area contributed by atoms with Crippen LogP contribution in [0.15, 0.2) is 36.4 Å². The second-order valence-electron chi connectivity index (χ2n) is 5.25. The summed E-state index contributed by atoms with van der Waals surface area (Å²) in [4.78, 5) is 0. The van der Waals surface area contributed by atoms with Crippen LogP contribution in [0, 0.1) is 12.7 Å². The summed E-state index contributed by atoms with van der Waals surface area (Å²) in [7, 11) is 0. The maximum Gasteiger partial charge on any atom is 0.126 e. The van der Waals surface area contributed by atoms with E-state index in [0.29, 0.717) is 5.56 Å². The van der Waals surface area contributed by atoms with Gasteiger partial charge >= 0.3 is 0 Å². The van der Waals surface area contributed by atoms with E-state index in [0.717, 1.165) is 17.5 Å². The SMILES string of the molecule is Cc1ccc(C(Cl)c2ccc3c(c2)CCC3)cc1F. The lowest BCUT2D eigenvalue weighted by Crippen LogP contribution is -1.97. The second kappa shape index (κ2) is 4.97. The fourth-order valence-corrected chi connectivity index (χ4v) is 2.98. The molecule has 19 heavy (non-hydrogen) atoms. The molecule has 0 fully saturated rings. The van der Waals surface area contributed by atoms with Crippen molar-refractivity contribution in [1.29, 1.82) is 0 Å². The number of benzene rings is 2. The van der Waals surface area contributed by atoms with Crippen molar-refractivity contribution in [2.75, 3.05) is 0 Å². The number of rotatable bonds is 2. The summed E-state index contributed by atoms with van der Waals surface area (Å²) in [6, 6.07) is 11.6. The molecule has 0 heterocycles. The second-order valence-corrected chi connectivity index (χ2v) is 5.69. The Morgan fingerprint density at radius 3 is 2.47 bits per heavy atom. The highest BCUT2D eigenvalue weighted by atomic mass is 35.5. The van der Waals surface area contributed by atoms with Gasteiger partial charge in [-0.15, -0.1) is 11.6 Å². The molecule has 0 spiro atoms. The molecule has 1 atom stereocenters. The van der Waals surface area contributed by atoms with Crippen LogP contribution in [0.25, 0.3) is 0 Å². The average Bonchev–Trinajstić information content (AvgIpc) is 2.88. The van der Waals surface area contributed by atoms with Gasteiger partial charge in [0.05, 0.1) is 5.38 Å². The summed E-state index contributed by atoms with van der Waals surface area (Å²) in [5, 5.41) is -0.277. The maximum absolute atomic E-state index is 13.6. The van der Waals surface area contributed by atoms with E-state index in [9.17, 15) is 4.39 Å². The molecule has 0 saturated heterocycles. The number of alkyl halides is 1. The van der Waals surface area contributed by atoms with Crippen LogP contribution in [0.2, 0.25) is 0 Å². The maximum atomic E-state index is 13.6. The van der Waals surface area contributed by atoms with Gasteiger partial charge in [0.1, 0.15) is 5.82 Å². The Bertz CT molecular complexity index is 619. The van der Waals surface area contributed by atoms with E-state index in [1.807, 2.05) is 6.07 Å². The summed E-state index contributed by atoms with van der Waals surface area (Å²) in [5.74, 6) is -0.190. The molecule has 0 amide bonds. The third-order valence-electron chi connectivity index (χ3n) is 3.90. The summed E-state index contributed by atoms with van der Waals surface area (Å²) in [6.07, 6.45) is 3.53. The Kier molecular flexibility index (Phi) is 3.32. The van der Waals surface area contributed by atoms with E-state index in [2.05, 4.69) is 18.2 Å². The zero-order chi connectivity index (χ0) is 13.4. The predicted octanol–water partition coefficient (Wildman–Crippen LogP) is 4.95. The van der Waals surface area contributed by atoms with Crippen LogP contribution in [-0.2, 0) is 12.8 Å². The van der Waals surface area contributed by atoms with Crippen molar-refractivity contribution in [2.24, 2.45) is 0 Å². The molecule has 0 N–H and O–H groups in total. The topological polar surface area (TPSA) is 0 Å². The van der Waals surface area contributed by atoms with Crippen molar-refractivity contribution in [3.8, 4) is 0 Å². The normalized spacial score (nSPS) is 15.3. The van der Waals surface area contributed by atoms with E-state index >= 15 is 0 Å². The van der Waals surface area contributed by atoms with E-state index in [1.165, 1.54) is 24.0 Å². The van der Waals surface area contributed by atoms with Crippen molar-refractivity contribution >= 4 is 11.6 Å². The molecule has 3 rings (SSSR count). The zero-order valence-electron chi connectivity index (χ0n) is 10.9. The van der Waals surface area contributed by atoms with Crippen LogP contribution in [0.5, 0.6) is 0 Å². The lowest BCUT2D eigenvalue weighted by Gasteiger charge is -2.13. The first-order valence-corrected chi connectivity index (χ1v) is 7.10. The Morgan fingerprint density at radius 1 is 1.00 bits per heavy atom. The highest BCUT2D eigenvalue weighted by Crippen LogP contribution is 2.33. The van der Waals surface area contributed by atoms with Crippen LogP contribution >= 0.6 is 11.6 Å². The van der Waals surface area contributed by atoms with Crippen LogP contribution in [-0.4, -0.2) is 0 Å². The Labute approximate surface area is 118 Å². The third kappa shape index (κ3) is 2.40. The van der Waals surface area contributed by atoms with E-state index < -0.39 is 0 Å². The monoisotopic (exact) mass is 274 g/mol. The molecule has 1 unspecified atom stereocenters.